The van der Waals surface area contributed by atoms with Gasteiger partial charge < -0.3 is 14.2 Å². The van der Waals surface area contributed by atoms with Crippen LogP contribution in [0.5, 0.6) is 11.5 Å². The normalized spacial score (nSPS) is 21.4. The Morgan fingerprint density at radius 3 is 2.79 bits per heavy atom. The van der Waals surface area contributed by atoms with E-state index in [9.17, 15) is 0 Å². The molecule has 1 heterocycles. The van der Waals surface area contributed by atoms with Gasteiger partial charge in [0, 0.05) is 10.9 Å². The highest BCUT2D eigenvalue weighted by Crippen LogP contribution is 2.31. The molecule has 0 aliphatic carbocycles. The van der Waals surface area contributed by atoms with Gasteiger partial charge in [0.2, 0.25) is 0 Å². The Labute approximate surface area is 123 Å². The number of rotatable bonds is 5. The molecule has 2 rings (SSSR count). The highest BCUT2D eigenvalue weighted by molar-refractivity contribution is 9.08. The molecule has 0 amide bonds. The van der Waals surface area contributed by atoms with Crippen molar-refractivity contribution in [2.24, 2.45) is 0 Å². The van der Waals surface area contributed by atoms with Crippen molar-refractivity contribution >= 4 is 15.9 Å². The van der Waals surface area contributed by atoms with Crippen LogP contribution in [0.2, 0.25) is 0 Å². The van der Waals surface area contributed by atoms with Crippen molar-refractivity contribution in [2.75, 3.05) is 13.7 Å². The molecule has 1 aliphatic heterocycles. The number of ether oxygens (including phenoxy) is 3. The summed E-state index contributed by atoms with van der Waals surface area (Å²) in [4.78, 5) is 0. The Morgan fingerprint density at radius 2 is 2.21 bits per heavy atom. The third-order valence-corrected chi connectivity index (χ3v) is 3.99. The minimum Gasteiger partial charge on any atom is -0.497 e. The fourth-order valence-electron chi connectivity index (χ4n) is 2.31. The standard InChI is InChI=1S/C15H21BrO3/c1-15(2)7-6-13(19-15)10-18-14-5-4-12(17-3)8-11(14)9-16/h4-5,8,13H,6-7,9-10H2,1-3H3. The minimum atomic E-state index is -0.00775. The van der Waals surface area contributed by atoms with Crippen LogP contribution in [0.3, 0.4) is 0 Å². The first-order valence-electron chi connectivity index (χ1n) is 6.57. The van der Waals surface area contributed by atoms with Gasteiger partial charge in [0.05, 0.1) is 18.8 Å². The summed E-state index contributed by atoms with van der Waals surface area (Å²) in [7, 11) is 1.67. The molecule has 0 saturated carbocycles. The van der Waals surface area contributed by atoms with E-state index in [1.54, 1.807) is 7.11 Å². The van der Waals surface area contributed by atoms with E-state index in [1.165, 1.54) is 0 Å². The monoisotopic (exact) mass is 328 g/mol. The fourth-order valence-corrected chi connectivity index (χ4v) is 2.74. The van der Waals surface area contributed by atoms with E-state index in [2.05, 4.69) is 29.8 Å². The molecule has 1 aromatic carbocycles. The lowest BCUT2D eigenvalue weighted by Gasteiger charge is -2.20. The lowest BCUT2D eigenvalue weighted by atomic mass is 10.1. The minimum absolute atomic E-state index is 0.00775. The van der Waals surface area contributed by atoms with E-state index in [-0.39, 0.29) is 11.7 Å². The summed E-state index contributed by atoms with van der Waals surface area (Å²) in [6.07, 6.45) is 2.35. The lowest BCUT2D eigenvalue weighted by molar-refractivity contribution is -0.0327. The SMILES string of the molecule is COc1ccc(OCC2CCC(C)(C)O2)c(CBr)c1. The van der Waals surface area contributed by atoms with Gasteiger partial charge in [-0.3, -0.25) is 0 Å². The van der Waals surface area contributed by atoms with Gasteiger partial charge in [-0.05, 0) is 44.9 Å². The summed E-state index contributed by atoms with van der Waals surface area (Å²) < 4.78 is 17.0. The van der Waals surface area contributed by atoms with Crippen molar-refractivity contribution in [3.05, 3.63) is 23.8 Å². The van der Waals surface area contributed by atoms with Gasteiger partial charge >= 0.3 is 0 Å². The molecule has 1 saturated heterocycles. The summed E-state index contributed by atoms with van der Waals surface area (Å²) >= 11 is 3.48. The van der Waals surface area contributed by atoms with Crippen molar-refractivity contribution in [1.82, 2.24) is 0 Å². The lowest BCUT2D eigenvalue weighted by Crippen LogP contribution is -2.24. The van der Waals surface area contributed by atoms with Gasteiger partial charge in [0.25, 0.3) is 0 Å². The maximum atomic E-state index is 5.93. The molecule has 1 aromatic rings. The molecule has 3 nitrogen and oxygen atoms in total. The van der Waals surface area contributed by atoms with Crippen LogP contribution in [0, 0.1) is 0 Å². The van der Waals surface area contributed by atoms with E-state index in [1.807, 2.05) is 18.2 Å². The summed E-state index contributed by atoms with van der Waals surface area (Å²) in [6, 6.07) is 5.86. The number of hydrogen-bond donors (Lipinski definition) is 0. The topological polar surface area (TPSA) is 27.7 Å². The molecule has 1 atom stereocenters. The van der Waals surface area contributed by atoms with Gasteiger partial charge in [-0.1, -0.05) is 15.9 Å². The average Bonchev–Trinajstić information content (AvgIpc) is 2.75. The third kappa shape index (κ3) is 3.86. The molecule has 19 heavy (non-hydrogen) atoms. The van der Waals surface area contributed by atoms with Crippen LogP contribution < -0.4 is 9.47 Å². The Morgan fingerprint density at radius 1 is 1.42 bits per heavy atom. The molecule has 106 valence electrons. The number of methoxy groups -OCH3 is 1. The first kappa shape index (κ1) is 14.7. The second-order valence-corrected chi connectivity index (χ2v) is 6.02. The van der Waals surface area contributed by atoms with Crippen molar-refractivity contribution in [2.45, 2.75) is 43.7 Å². The van der Waals surface area contributed by atoms with E-state index < -0.39 is 0 Å². The maximum Gasteiger partial charge on any atom is 0.123 e. The second-order valence-electron chi connectivity index (χ2n) is 5.46. The Hall–Kier alpha value is -0.740. The highest BCUT2D eigenvalue weighted by Gasteiger charge is 2.31. The van der Waals surface area contributed by atoms with Gasteiger partial charge in [-0.15, -0.1) is 0 Å². The van der Waals surface area contributed by atoms with Crippen LogP contribution in [0.1, 0.15) is 32.3 Å². The molecular weight excluding hydrogens is 308 g/mol. The van der Waals surface area contributed by atoms with Gasteiger partial charge in [-0.2, -0.15) is 0 Å². The Balaban J connectivity index is 1.96. The molecule has 1 unspecified atom stereocenters. The van der Waals surface area contributed by atoms with Crippen molar-refractivity contribution < 1.29 is 14.2 Å². The zero-order chi connectivity index (χ0) is 13.9. The van der Waals surface area contributed by atoms with Crippen molar-refractivity contribution in [1.29, 1.82) is 0 Å². The molecule has 0 spiro atoms. The van der Waals surface area contributed by atoms with E-state index in [0.29, 0.717) is 6.61 Å². The van der Waals surface area contributed by atoms with Gasteiger partial charge in [0.15, 0.2) is 0 Å². The van der Waals surface area contributed by atoms with E-state index >= 15 is 0 Å². The Bertz CT molecular complexity index is 431. The molecule has 0 bridgehead atoms. The molecule has 4 heteroatoms. The summed E-state index contributed by atoms with van der Waals surface area (Å²) in [6.45, 7) is 4.87. The first-order valence-corrected chi connectivity index (χ1v) is 7.70. The molecule has 1 fully saturated rings. The fraction of sp³-hybridized carbons (Fsp3) is 0.600. The van der Waals surface area contributed by atoms with Crippen LogP contribution in [0.15, 0.2) is 18.2 Å². The van der Waals surface area contributed by atoms with Gasteiger partial charge in [-0.25, -0.2) is 0 Å². The smallest absolute Gasteiger partial charge is 0.123 e. The maximum absolute atomic E-state index is 5.93. The molecular formula is C15H21BrO3. The van der Waals surface area contributed by atoms with Crippen molar-refractivity contribution in [3.63, 3.8) is 0 Å². The number of benzene rings is 1. The number of hydrogen-bond acceptors (Lipinski definition) is 3. The molecule has 1 aliphatic rings. The largest absolute Gasteiger partial charge is 0.497 e. The van der Waals surface area contributed by atoms with Crippen molar-refractivity contribution in [3.8, 4) is 11.5 Å². The molecule has 0 aromatic heterocycles. The quantitative estimate of drug-likeness (QED) is 0.766. The third-order valence-electron chi connectivity index (χ3n) is 3.39. The Kier molecular flexibility index (Phi) is 4.74. The highest BCUT2D eigenvalue weighted by atomic mass is 79.9. The van der Waals surface area contributed by atoms with Crippen LogP contribution in [0.25, 0.3) is 0 Å². The van der Waals surface area contributed by atoms with E-state index in [4.69, 9.17) is 14.2 Å². The predicted molar refractivity (Wildman–Crippen MR) is 79.3 cm³/mol. The van der Waals surface area contributed by atoms with Crippen LogP contribution in [-0.4, -0.2) is 25.4 Å². The predicted octanol–water partition coefficient (Wildman–Crippen LogP) is 3.93. The molecule has 0 N–H and O–H groups in total. The number of alkyl halides is 1. The van der Waals surface area contributed by atoms with E-state index in [0.717, 1.165) is 35.2 Å². The average molecular weight is 329 g/mol. The van der Waals surface area contributed by atoms with Crippen LogP contribution in [0.4, 0.5) is 0 Å². The zero-order valence-electron chi connectivity index (χ0n) is 11.7. The van der Waals surface area contributed by atoms with Crippen LogP contribution >= 0.6 is 15.9 Å². The first-order chi connectivity index (χ1) is 9.04. The number of halogens is 1. The summed E-state index contributed by atoms with van der Waals surface area (Å²) in [5, 5.41) is 0.747. The molecule has 0 radical (unpaired) electrons. The second kappa shape index (κ2) is 6.14. The summed E-state index contributed by atoms with van der Waals surface area (Å²) in [5.74, 6) is 1.74. The zero-order valence-corrected chi connectivity index (χ0v) is 13.3. The summed E-state index contributed by atoms with van der Waals surface area (Å²) in [5.41, 5.74) is 1.09. The van der Waals surface area contributed by atoms with Gasteiger partial charge in [0.1, 0.15) is 18.1 Å². The van der Waals surface area contributed by atoms with Crippen LogP contribution in [-0.2, 0) is 10.1 Å².